The van der Waals surface area contributed by atoms with Crippen molar-refractivity contribution in [3.05, 3.63) is 46.3 Å². The third kappa shape index (κ3) is 4.40. The highest BCUT2D eigenvalue weighted by Gasteiger charge is 2.26. The summed E-state index contributed by atoms with van der Waals surface area (Å²) < 4.78 is 20.8. The Hall–Kier alpha value is -3.49. The first-order valence-corrected chi connectivity index (χ1v) is 9.55. The number of esters is 2. The van der Waals surface area contributed by atoms with E-state index in [1.165, 1.54) is 6.92 Å². The number of carbonyl (C=O) groups excluding carboxylic acids is 3. The summed E-state index contributed by atoms with van der Waals surface area (Å²) in [4.78, 5) is 39.8. The molecular weight excluding hydrogens is 392 g/mol. The van der Waals surface area contributed by atoms with Gasteiger partial charge in [0.1, 0.15) is 5.69 Å². The molecule has 1 atom stereocenters. The molecule has 2 heterocycles. The molecule has 9 heteroatoms. The van der Waals surface area contributed by atoms with Gasteiger partial charge in [-0.1, -0.05) is 6.07 Å². The van der Waals surface area contributed by atoms with Crippen molar-refractivity contribution in [2.45, 2.75) is 40.3 Å². The van der Waals surface area contributed by atoms with Crippen molar-refractivity contribution in [2.24, 2.45) is 0 Å². The zero-order chi connectivity index (χ0) is 21.8. The third-order valence-electron chi connectivity index (χ3n) is 4.68. The number of nitrogens with one attached hydrogen (secondary N) is 2. The minimum Gasteiger partial charge on any atom is -0.461 e. The Morgan fingerprint density at radius 1 is 1.17 bits per heavy atom. The molecule has 0 aliphatic carbocycles. The van der Waals surface area contributed by atoms with Crippen LogP contribution in [0, 0.1) is 13.8 Å². The molecule has 2 N–H and O–H groups in total. The monoisotopic (exact) mass is 416 g/mol. The van der Waals surface area contributed by atoms with Gasteiger partial charge in [0.05, 0.1) is 12.2 Å². The molecule has 1 amide bonds. The highest BCUT2D eigenvalue weighted by molar-refractivity contribution is 5.99. The summed E-state index contributed by atoms with van der Waals surface area (Å²) in [6, 6.07) is 5.36. The molecular formula is C21H24N2O7. The van der Waals surface area contributed by atoms with Crippen molar-refractivity contribution in [3.63, 3.8) is 0 Å². The van der Waals surface area contributed by atoms with Gasteiger partial charge in [-0.15, -0.1) is 0 Å². The molecule has 9 nitrogen and oxygen atoms in total. The fourth-order valence-electron chi connectivity index (χ4n) is 3.12. The topological polar surface area (TPSA) is 116 Å². The lowest BCUT2D eigenvalue weighted by molar-refractivity contribution is -0.129. The zero-order valence-corrected chi connectivity index (χ0v) is 17.3. The van der Waals surface area contributed by atoms with Crippen LogP contribution < -0.4 is 14.8 Å². The van der Waals surface area contributed by atoms with E-state index in [-0.39, 0.29) is 31.2 Å². The van der Waals surface area contributed by atoms with Crippen LogP contribution >= 0.6 is 0 Å². The fourth-order valence-corrected chi connectivity index (χ4v) is 3.12. The first-order valence-electron chi connectivity index (χ1n) is 9.55. The lowest BCUT2D eigenvalue weighted by atomic mass is 10.1. The van der Waals surface area contributed by atoms with Gasteiger partial charge in [-0.2, -0.15) is 0 Å². The maximum atomic E-state index is 12.6. The average molecular weight is 416 g/mol. The van der Waals surface area contributed by atoms with Gasteiger partial charge in [-0.3, -0.25) is 4.79 Å². The molecule has 3 rings (SSSR count). The summed E-state index contributed by atoms with van der Waals surface area (Å²) in [5, 5.41) is 2.72. The van der Waals surface area contributed by atoms with Crippen LogP contribution in [0.5, 0.6) is 11.5 Å². The number of aromatic nitrogens is 1. The first kappa shape index (κ1) is 21.2. The molecule has 30 heavy (non-hydrogen) atoms. The third-order valence-corrected chi connectivity index (χ3v) is 4.68. The Bertz CT molecular complexity index is 980. The van der Waals surface area contributed by atoms with Gasteiger partial charge in [-0.25, -0.2) is 9.59 Å². The molecule has 2 aromatic rings. The van der Waals surface area contributed by atoms with E-state index in [0.717, 1.165) is 5.56 Å². The summed E-state index contributed by atoms with van der Waals surface area (Å²) >= 11 is 0. The molecule has 1 aliphatic rings. The molecule has 0 radical (unpaired) electrons. The van der Waals surface area contributed by atoms with Gasteiger partial charge < -0.3 is 29.2 Å². The van der Waals surface area contributed by atoms with E-state index < -0.39 is 23.9 Å². The number of aromatic amines is 1. The van der Waals surface area contributed by atoms with Gasteiger partial charge >= 0.3 is 11.9 Å². The van der Waals surface area contributed by atoms with Crippen LogP contribution in [0.2, 0.25) is 0 Å². The molecule has 160 valence electrons. The molecule has 1 aromatic heterocycles. The van der Waals surface area contributed by atoms with E-state index in [0.29, 0.717) is 22.8 Å². The largest absolute Gasteiger partial charge is 0.461 e. The van der Waals surface area contributed by atoms with Crippen LogP contribution in [0.3, 0.4) is 0 Å². The maximum Gasteiger partial charge on any atom is 0.355 e. The van der Waals surface area contributed by atoms with Crippen LogP contribution in [-0.4, -0.2) is 42.3 Å². The lowest BCUT2D eigenvalue weighted by Gasteiger charge is -2.14. The van der Waals surface area contributed by atoms with Crippen LogP contribution in [0.4, 0.5) is 0 Å². The van der Waals surface area contributed by atoms with Crippen LogP contribution in [0.1, 0.15) is 51.5 Å². The standard InChI is InChI=1S/C21H24N2O7/c1-5-27-21(26)18-11(2)17(12(3)23-18)20(25)30-13(4)19(24)22-9-14-6-7-15-16(8-14)29-10-28-15/h6-8,13,23H,5,9-10H2,1-4H3,(H,22,24)/t13-/m0/s1. The number of ether oxygens (including phenoxy) is 4. The van der Waals surface area contributed by atoms with E-state index >= 15 is 0 Å². The van der Waals surface area contributed by atoms with E-state index in [9.17, 15) is 14.4 Å². The second kappa shape index (κ2) is 8.89. The number of H-pyrrole nitrogens is 1. The molecule has 0 unspecified atom stereocenters. The number of rotatable bonds is 7. The first-order chi connectivity index (χ1) is 14.3. The predicted molar refractivity (Wildman–Crippen MR) is 106 cm³/mol. The second-order valence-corrected chi connectivity index (χ2v) is 6.80. The predicted octanol–water partition coefficient (Wildman–Crippen LogP) is 2.40. The second-order valence-electron chi connectivity index (χ2n) is 6.80. The van der Waals surface area contributed by atoms with Crippen LogP contribution in [0.25, 0.3) is 0 Å². The van der Waals surface area contributed by atoms with Crippen molar-refractivity contribution < 1.29 is 33.3 Å². The van der Waals surface area contributed by atoms with Crippen molar-refractivity contribution >= 4 is 17.8 Å². The van der Waals surface area contributed by atoms with Crippen LogP contribution in [-0.2, 0) is 20.8 Å². The molecule has 0 bridgehead atoms. The van der Waals surface area contributed by atoms with E-state index in [2.05, 4.69) is 10.3 Å². The van der Waals surface area contributed by atoms with E-state index in [4.69, 9.17) is 18.9 Å². The summed E-state index contributed by atoms with van der Waals surface area (Å²) in [5.41, 5.74) is 2.12. The van der Waals surface area contributed by atoms with Gasteiger partial charge in [-0.05, 0) is 51.0 Å². The summed E-state index contributed by atoms with van der Waals surface area (Å²) in [5.74, 6) is -0.407. The molecule has 0 saturated carbocycles. The molecule has 0 fully saturated rings. The molecule has 1 aromatic carbocycles. The molecule has 0 spiro atoms. The minimum atomic E-state index is -1.02. The quantitative estimate of drug-likeness (QED) is 0.666. The Morgan fingerprint density at radius 2 is 1.90 bits per heavy atom. The van der Waals surface area contributed by atoms with Gasteiger partial charge in [0.2, 0.25) is 6.79 Å². The molecule has 0 saturated heterocycles. The number of fused-ring (bicyclic) bond motifs is 1. The Kier molecular flexibility index (Phi) is 6.29. The highest BCUT2D eigenvalue weighted by atomic mass is 16.7. The normalized spacial score (nSPS) is 12.9. The number of benzene rings is 1. The average Bonchev–Trinajstić information content (AvgIpc) is 3.29. The SMILES string of the molecule is CCOC(=O)c1[nH]c(C)c(C(=O)O[C@@H](C)C(=O)NCc2ccc3c(c2)OCO3)c1C. The van der Waals surface area contributed by atoms with Gasteiger partial charge in [0.25, 0.3) is 5.91 Å². The highest BCUT2D eigenvalue weighted by Crippen LogP contribution is 2.32. The smallest absolute Gasteiger partial charge is 0.355 e. The summed E-state index contributed by atoms with van der Waals surface area (Å²) in [6.45, 7) is 7.09. The summed E-state index contributed by atoms with van der Waals surface area (Å²) in [7, 11) is 0. The number of amides is 1. The number of carbonyl (C=O) groups is 3. The van der Waals surface area contributed by atoms with Crippen molar-refractivity contribution in [3.8, 4) is 11.5 Å². The van der Waals surface area contributed by atoms with Gasteiger partial charge in [0.15, 0.2) is 17.6 Å². The zero-order valence-electron chi connectivity index (χ0n) is 17.3. The van der Waals surface area contributed by atoms with Crippen molar-refractivity contribution in [1.82, 2.24) is 10.3 Å². The Balaban J connectivity index is 1.60. The lowest BCUT2D eigenvalue weighted by Crippen LogP contribution is -2.35. The Morgan fingerprint density at radius 3 is 2.63 bits per heavy atom. The summed E-state index contributed by atoms with van der Waals surface area (Å²) in [6.07, 6.45) is -1.02. The number of hydrogen-bond donors (Lipinski definition) is 2. The fraction of sp³-hybridized carbons (Fsp3) is 0.381. The van der Waals surface area contributed by atoms with Gasteiger partial charge in [0, 0.05) is 12.2 Å². The van der Waals surface area contributed by atoms with Crippen molar-refractivity contribution in [1.29, 1.82) is 0 Å². The number of aryl methyl sites for hydroxylation is 1. The van der Waals surface area contributed by atoms with E-state index in [1.54, 1.807) is 32.9 Å². The molecule has 1 aliphatic heterocycles. The van der Waals surface area contributed by atoms with Crippen molar-refractivity contribution in [2.75, 3.05) is 13.4 Å². The van der Waals surface area contributed by atoms with Crippen LogP contribution in [0.15, 0.2) is 18.2 Å². The number of hydrogen-bond acceptors (Lipinski definition) is 7. The Labute approximate surface area is 173 Å². The minimum absolute atomic E-state index is 0.175. The van der Waals surface area contributed by atoms with E-state index in [1.807, 2.05) is 6.07 Å². The maximum absolute atomic E-state index is 12.6.